The lowest BCUT2D eigenvalue weighted by atomic mass is 10.3. The van der Waals surface area contributed by atoms with E-state index in [0.29, 0.717) is 0 Å². The third kappa shape index (κ3) is 3.53. The molecule has 1 fully saturated rings. The van der Waals surface area contributed by atoms with Crippen molar-refractivity contribution in [2.24, 2.45) is 0 Å². The van der Waals surface area contributed by atoms with E-state index in [4.69, 9.17) is 0 Å². The molecule has 0 atom stereocenters. The number of H-pyrrole nitrogens is 1. The first kappa shape index (κ1) is 15.8. The Kier molecular flexibility index (Phi) is 4.19. The van der Waals surface area contributed by atoms with Crippen LogP contribution in [-0.2, 0) is 6.54 Å². The predicted octanol–water partition coefficient (Wildman–Crippen LogP) is 1.76. The fourth-order valence-corrected chi connectivity index (χ4v) is 2.99. The van der Waals surface area contributed by atoms with Crippen LogP contribution in [0, 0.1) is 12.7 Å². The van der Waals surface area contributed by atoms with Crippen molar-refractivity contribution in [3.8, 4) is 5.69 Å². The summed E-state index contributed by atoms with van der Waals surface area (Å²) in [7, 11) is 0. The number of nitrogens with zero attached hydrogens (tertiary/aromatic N) is 6. The zero-order valence-electron chi connectivity index (χ0n) is 14.1. The van der Waals surface area contributed by atoms with E-state index in [2.05, 4.69) is 30.1 Å². The molecule has 1 aliphatic heterocycles. The quantitative estimate of drug-likeness (QED) is 0.783. The van der Waals surface area contributed by atoms with Gasteiger partial charge in [-0.1, -0.05) is 0 Å². The van der Waals surface area contributed by atoms with Crippen LogP contribution in [-0.4, -0.2) is 56.0 Å². The molecule has 7 nitrogen and oxygen atoms in total. The lowest BCUT2D eigenvalue weighted by Crippen LogP contribution is -2.46. The van der Waals surface area contributed by atoms with Gasteiger partial charge in [-0.15, -0.1) is 5.10 Å². The van der Waals surface area contributed by atoms with Gasteiger partial charge in [0.15, 0.2) is 0 Å². The van der Waals surface area contributed by atoms with Crippen molar-refractivity contribution >= 4 is 5.95 Å². The normalized spacial score (nSPS) is 15.7. The zero-order valence-corrected chi connectivity index (χ0v) is 14.1. The average molecular weight is 341 g/mol. The predicted molar refractivity (Wildman–Crippen MR) is 92.1 cm³/mol. The van der Waals surface area contributed by atoms with Crippen LogP contribution in [0.3, 0.4) is 0 Å². The number of anilines is 1. The molecular weight excluding hydrogens is 321 g/mol. The van der Waals surface area contributed by atoms with E-state index in [-0.39, 0.29) is 5.82 Å². The van der Waals surface area contributed by atoms with Gasteiger partial charge in [-0.05, 0) is 37.3 Å². The van der Waals surface area contributed by atoms with Gasteiger partial charge >= 0.3 is 0 Å². The second-order valence-electron chi connectivity index (χ2n) is 6.21. The average Bonchev–Trinajstić information content (AvgIpc) is 3.26. The first-order chi connectivity index (χ1) is 12.2. The standard InChI is InChI=1S/C17H20FN7/c1-13-19-17(21-20-13)24-10-8-23(9-11-24)12-15-6-7-25(22-15)16-4-2-14(18)3-5-16/h2-7H,8-12H2,1H3,(H,19,20,21). The SMILES string of the molecule is Cc1nc(N2CCN(Cc3ccn(-c4ccc(F)cc4)n3)CC2)n[nH]1. The summed E-state index contributed by atoms with van der Waals surface area (Å²) < 4.78 is 14.8. The summed E-state index contributed by atoms with van der Waals surface area (Å²) in [6.45, 7) is 6.39. The van der Waals surface area contributed by atoms with Crippen LogP contribution in [0.25, 0.3) is 5.69 Å². The minimum Gasteiger partial charge on any atom is -0.337 e. The molecule has 1 aliphatic rings. The Bertz CT molecular complexity index is 831. The Morgan fingerprint density at radius 2 is 1.84 bits per heavy atom. The summed E-state index contributed by atoms with van der Waals surface area (Å²) in [5, 5.41) is 11.7. The highest BCUT2D eigenvalue weighted by Crippen LogP contribution is 2.14. The maximum atomic E-state index is 13.0. The third-order valence-electron chi connectivity index (χ3n) is 4.36. The topological polar surface area (TPSA) is 65.9 Å². The van der Waals surface area contributed by atoms with Crippen LogP contribution in [0.5, 0.6) is 0 Å². The molecule has 8 heteroatoms. The van der Waals surface area contributed by atoms with E-state index in [9.17, 15) is 4.39 Å². The van der Waals surface area contributed by atoms with Crippen molar-refractivity contribution in [2.45, 2.75) is 13.5 Å². The first-order valence-corrected chi connectivity index (χ1v) is 8.34. The van der Waals surface area contributed by atoms with Crippen LogP contribution < -0.4 is 4.90 Å². The van der Waals surface area contributed by atoms with E-state index < -0.39 is 0 Å². The highest BCUT2D eigenvalue weighted by molar-refractivity contribution is 5.31. The molecule has 130 valence electrons. The lowest BCUT2D eigenvalue weighted by Gasteiger charge is -2.33. The van der Waals surface area contributed by atoms with Crippen LogP contribution in [0.1, 0.15) is 11.5 Å². The fraction of sp³-hybridized carbons (Fsp3) is 0.353. The maximum Gasteiger partial charge on any atom is 0.244 e. The molecule has 0 aliphatic carbocycles. The highest BCUT2D eigenvalue weighted by atomic mass is 19.1. The molecule has 0 radical (unpaired) electrons. The summed E-state index contributed by atoms with van der Waals surface area (Å²) in [4.78, 5) is 8.94. The van der Waals surface area contributed by atoms with Crippen molar-refractivity contribution in [3.63, 3.8) is 0 Å². The lowest BCUT2D eigenvalue weighted by molar-refractivity contribution is 0.245. The van der Waals surface area contributed by atoms with Crippen molar-refractivity contribution in [1.29, 1.82) is 0 Å². The Balaban J connectivity index is 1.35. The first-order valence-electron chi connectivity index (χ1n) is 8.34. The number of nitrogens with one attached hydrogen (secondary N) is 1. The number of benzene rings is 1. The number of aromatic amines is 1. The smallest absolute Gasteiger partial charge is 0.244 e. The monoisotopic (exact) mass is 341 g/mol. The number of aromatic nitrogens is 5. The molecule has 25 heavy (non-hydrogen) atoms. The summed E-state index contributed by atoms with van der Waals surface area (Å²) >= 11 is 0. The van der Waals surface area contributed by atoms with Crippen LogP contribution in [0.15, 0.2) is 36.5 Å². The number of piperazine rings is 1. The van der Waals surface area contributed by atoms with Crippen molar-refractivity contribution in [2.75, 3.05) is 31.1 Å². The van der Waals surface area contributed by atoms with Gasteiger partial charge in [0.25, 0.3) is 0 Å². The van der Waals surface area contributed by atoms with Gasteiger partial charge in [0.2, 0.25) is 5.95 Å². The molecular formula is C17H20FN7. The van der Waals surface area contributed by atoms with Gasteiger partial charge in [0.1, 0.15) is 11.6 Å². The Hall–Kier alpha value is -2.74. The molecule has 4 rings (SSSR count). The Morgan fingerprint density at radius 3 is 2.52 bits per heavy atom. The zero-order chi connectivity index (χ0) is 17.2. The van der Waals surface area contributed by atoms with Gasteiger partial charge in [-0.25, -0.2) is 9.07 Å². The maximum absolute atomic E-state index is 13.0. The molecule has 0 bridgehead atoms. The van der Waals surface area contributed by atoms with E-state index in [1.54, 1.807) is 16.8 Å². The minimum absolute atomic E-state index is 0.240. The van der Waals surface area contributed by atoms with E-state index in [1.807, 2.05) is 19.2 Å². The molecule has 3 aromatic rings. The Morgan fingerprint density at radius 1 is 1.08 bits per heavy atom. The summed E-state index contributed by atoms with van der Waals surface area (Å²) in [6.07, 6.45) is 1.91. The molecule has 0 unspecified atom stereocenters. The molecule has 1 saturated heterocycles. The van der Waals surface area contributed by atoms with Gasteiger partial charge in [0, 0.05) is 38.9 Å². The van der Waals surface area contributed by atoms with Crippen LogP contribution in [0.2, 0.25) is 0 Å². The second kappa shape index (κ2) is 6.64. The number of hydrogen-bond acceptors (Lipinski definition) is 5. The fourth-order valence-electron chi connectivity index (χ4n) is 2.99. The summed E-state index contributed by atoms with van der Waals surface area (Å²) in [5.41, 5.74) is 1.86. The van der Waals surface area contributed by atoms with Gasteiger partial charge in [-0.3, -0.25) is 10.00 Å². The molecule has 0 amide bonds. The van der Waals surface area contributed by atoms with Crippen LogP contribution in [0.4, 0.5) is 10.3 Å². The number of halogens is 1. The third-order valence-corrected chi connectivity index (χ3v) is 4.36. The number of hydrogen-bond donors (Lipinski definition) is 1. The van der Waals surface area contributed by atoms with Gasteiger partial charge in [0.05, 0.1) is 11.4 Å². The summed E-state index contributed by atoms with van der Waals surface area (Å²) in [6, 6.07) is 8.35. The molecule has 3 heterocycles. The molecule has 0 spiro atoms. The highest BCUT2D eigenvalue weighted by Gasteiger charge is 2.20. The van der Waals surface area contributed by atoms with Crippen molar-refractivity contribution in [3.05, 3.63) is 53.9 Å². The summed E-state index contributed by atoms with van der Waals surface area (Å²) in [5.74, 6) is 1.37. The van der Waals surface area contributed by atoms with Gasteiger partial charge in [-0.2, -0.15) is 10.1 Å². The molecule has 1 aromatic carbocycles. The van der Waals surface area contributed by atoms with Crippen LogP contribution >= 0.6 is 0 Å². The number of rotatable bonds is 4. The molecule has 2 aromatic heterocycles. The van der Waals surface area contributed by atoms with Crippen molar-refractivity contribution < 1.29 is 4.39 Å². The van der Waals surface area contributed by atoms with Gasteiger partial charge < -0.3 is 4.90 Å². The minimum atomic E-state index is -0.240. The van der Waals surface area contributed by atoms with E-state index in [1.165, 1.54) is 12.1 Å². The molecule has 0 saturated carbocycles. The second-order valence-corrected chi connectivity index (χ2v) is 6.21. The Labute approximate surface area is 145 Å². The largest absolute Gasteiger partial charge is 0.337 e. The number of aryl methyl sites for hydroxylation is 1. The van der Waals surface area contributed by atoms with Crippen molar-refractivity contribution in [1.82, 2.24) is 29.9 Å². The molecule has 1 N–H and O–H groups in total. The van der Waals surface area contributed by atoms with E-state index in [0.717, 1.165) is 55.9 Å². The van der Waals surface area contributed by atoms with E-state index >= 15 is 0 Å².